The van der Waals surface area contributed by atoms with Crippen molar-refractivity contribution in [2.24, 2.45) is 0 Å². The van der Waals surface area contributed by atoms with Gasteiger partial charge in [-0.25, -0.2) is 0 Å². The molecule has 0 saturated carbocycles. The number of rotatable bonds is 3. The smallest absolute Gasteiger partial charge is 0.257 e. The van der Waals surface area contributed by atoms with Crippen molar-refractivity contribution in [1.29, 1.82) is 0 Å². The number of nitrogens with zero attached hydrogens (tertiary/aromatic N) is 3. The lowest BCUT2D eigenvalue weighted by atomic mass is 10.2. The SMILES string of the molecule is CN(Cc1ccccn1)C(=O)c1cnccc1N. The van der Waals surface area contributed by atoms with E-state index in [0.717, 1.165) is 5.69 Å². The number of nitrogen functional groups attached to an aromatic ring is 1. The average molecular weight is 242 g/mol. The van der Waals surface area contributed by atoms with Gasteiger partial charge in [-0.05, 0) is 18.2 Å². The third-order valence-electron chi connectivity index (χ3n) is 2.56. The van der Waals surface area contributed by atoms with Crippen LogP contribution in [0.4, 0.5) is 5.69 Å². The van der Waals surface area contributed by atoms with Gasteiger partial charge in [-0.2, -0.15) is 0 Å². The molecule has 1 amide bonds. The lowest BCUT2D eigenvalue weighted by Gasteiger charge is -2.17. The Morgan fingerprint density at radius 2 is 2.17 bits per heavy atom. The predicted octanol–water partition coefficient (Wildman–Crippen LogP) is 1.33. The summed E-state index contributed by atoms with van der Waals surface area (Å²) < 4.78 is 0. The van der Waals surface area contributed by atoms with E-state index in [1.54, 1.807) is 30.4 Å². The lowest BCUT2D eigenvalue weighted by molar-refractivity contribution is 0.0784. The van der Waals surface area contributed by atoms with Crippen LogP contribution in [-0.2, 0) is 6.54 Å². The van der Waals surface area contributed by atoms with E-state index in [9.17, 15) is 4.79 Å². The second kappa shape index (κ2) is 5.27. The minimum atomic E-state index is -0.161. The first-order valence-corrected chi connectivity index (χ1v) is 5.53. The first-order chi connectivity index (χ1) is 8.68. The molecule has 0 spiro atoms. The highest BCUT2D eigenvalue weighted by Gasteiger charge is 2.15. The van der Waals surface area contributed by atoms with Crippen LogP contribution in [0.1, 0.15) is 16.1 Å². The molecule has 0 aliphatic heterocycles. The van der Waals surface area contributed by atoms with Gasteiger partial charge in [-0.1, -0.05) is 6.07 Å². The molecule has 0 atom stereocenters. The molecular weight excluding hydrogens is 228 g/mol. The summed E-state index contributed by atoms with van der Waals surface area (Å²) in [4.78, 5) is 21.8. The molecule has 92 valence electrons. The van der Waals surface area contributed by atoms with Gasteiger partial charge in [0.2, 0.25) is 0 Å². The Bertz CT molecular complexity index is 542. The quantitative estimate of drug-likeness (QED) is 0.881. The van der Waals surface area contributed by atoms with Crippen molar-refractivity contribution in [3.63, 3.8) is 0 Å². The predicted molar refractivity (Wildman–Crippen MR) is 68.7 cm³/mol. The topological polar surface area (TPSA) is 72.1 Å². The first kappa shape index (κ1) is 12.0. The number of carbonyl (C=O) groups excluding carboxylic acids is 1. The molecule has 2 heterocycles. The highest BCUT2D eigenvalue weighted by Crippen LogP contribution is 2.12. The van der Waals surface area contributed by atoms with Crippen LogP contribution in [0.15, 0.2) is 42.9 Å². The largest absolute Gasteiger partial charge is 0.398 e. The van der Waals surface area contributed by atoms with Gasteiger partial charge in [-0.3, -0.25) is 14.8 Å². The molecule has 0 saturated heterocycles. The monoisotopic (exact) mass is 242 g/mol. The van der Waals surface area contributed by atoms with Crippen molar-refractivity contribution in [3.8, 4) is 0 Å². The van der Waals surface area contributed by atoms with Gasteiger partial charge in [-0.15, -0.1) is 0 Å². The maximum Gasteiger partial charge on any atom is 0.257 e. The summed E-state index contributed by atoms with van der Waals surface area (Å²) in [6.45, 7) is 0.438. The van der Waals surface area contributed by atoms with Crippen LogP contribution in [0.5, 0.6) is 0 Å². The van der Waals surface area contributed by atoms with Gasteiger partial charge in [0.1, 0.15) is 0 Å². The Morgan fingerprint density at radius 3 is 2.83 bits per heavy atom. The summed E-state index contributed by atoms with van der Waals surface area (Å²) in [6.07, 6.45) is 4.74. The molecule has 0 aliphatic carbocycles. The second-order valence-corrected chi connectivity index (χ2v) is 3.95. The molecule has 0 unspecified atom stereocenters. The Balaban J connectivity index is 2.13. The van der Waals surface area contributed by atoms with Gasteiger partial charge in [0.15, 0.2) is 0 Å². The van der Waals surface area contributed by atoms with Crippen LogP contribution in [0.25, 0.3) is 0 Å². The molecule has 2 aromatic rings. The summed E-state index contributed by atoms with van der Waals surface area (Å²) in [5.41, 5.74) is 7.43. The highest BCUT2D eigenvalue weighted by atomic mass is 16.2. The standard InChI is InChI=1S/C13H14N4O/c1-17(9-10-4-2-3-6-16-10)13(18)11-8-15-7-5-12(11)14/h2-8H,9H2,1H3,(H2,14,15). The molecule has 2 rings (SSSR count). The number of nitrogens with two attached hydrogens (primary N) is 1. The molecule has 18 heavy (non-hydrogen) atoms. The highest BCUT2D eigenvalue weighted by molar-refractivity contribution is 5.98. The number of pyridine rings is 2. The molecular formula is C13H14N4O. The molecule has 0 fully saturated rings. The molecule has 2 N–H and O–H groups in total. The summed E-state index contributed by atoms with van der Waals surface area (Å²) in [7, 11) is 1.71. The number of hydrogen-bond donors (Lipinski definition) is 1. The third kappa shape index (κ3) is 2.63. The van der Waals surface area contributed by atoms with Gasteiger partial charge in [0, 0.05) is 31.3 Å². The number of anilines is 1. The molecule has 0 bridgehead atoms. The Hall–Kier alpha value is -2.43. The Morgan fingerprint density at radius 1 is 1.33 bits per heavy atom. The van der Waals surface area contributed by atoms with Gasteiger partial charge >= 0.3 is 0 Å². The second-order valence-electron chi connectivity index (χ2n) is 3.95. The van der Waals surface area contributed by atoms with Gasteiger partial charge in [0.25, 0.3) is 5.91 Å². The van der Waals surface area contributed by atoms with E-state index in [4.69, 9.17) is 5.73 Å². The zero-order valence-corrected chi connectivity index (χ0v) is 10.1. The van der Waals surface area contributed by atoms with Crippen LogP contribution in [-0.4, -0.2) is 27.8 Å². The van der Waals surface area contributed by atoms with Crippen LogP contribution in [0.2, 0.25) is 0 Å². The van der Waals surface area contributed by atoms with E-state index in [2.05, 4.69) is 9.97 Å². The molecule has 5 heteroatoms. The van der Waals surface area contributed by atoms with Crippen molar-refractivity contribution in [2.75, 3.05) is 12.8 Å². The maximum atomic E-state index is 12.1. The van der Waals surface area contributed by atoms with E-state index in [-0.39, 0.29) is 5.91 Å². The number of carbonyl (C=O) groups is 1. The zero-order valence-electron chi connectivity index (χ0n) is 10.1. The normalized spacial score (nSPS) is 10.1. The number of aromatic nitrogens is 2. The minimum Gasteiger partial charge on any atom is -0.398 e. The van der Waals surface area contributed by atoms with E-state index in [0.29, 0.717) is 17.8 Å². The summed E-state index contributed by atoms with van der Waals surface area (Å²) in [6, 6.07) is 7.21. The first-order valence-electron chi connectivity index (χ1n) is 5.53. The van der Waals surface area contributed by atoms with Crippen molar-refractivity contribution < 1.29 is 4.79 Å². The maximum absolute atomic E-state index is 12.1. The van der Waals surface area contributed by atoms with Crippen molar-refractivity contribution in [1.82, 2.24) is 14.9 Å². The third-order valence-corrected chi connectivity index (χ3v) is 2.56. The van der Waals surface area contributed by atoms with Gasteiger partial charge < -0.3 is 10.6 Å². The fraction of sp³-hybridized carbons (Fsp3) is 0.154. The summed E-state index contributed by atoms with van der Waals surface area (Å²) in [5.74, 6) is -0.161. The van der Waals surface area contributed by atoms with Gasteiger partial charge in [0.05, 0.1) is 17.8 Å². The Kier molecular flexibility index (Phi) is 3.52. The van der Waals surface area contributed by atoms with Crippen LogP contribution < -0.4 is 5.73 Å². The zero-order chi connectivity index (χ0) is 13.0. The van der Waals surface area contributed by atoms with Crippen LogP contribution >= 0.6 is 0 Å². The van der Waals surface area contributed by atoms with Crippen LogP contribution in [0, 0.1) is 0 Å². The molecule has 5 nitrogen and oxygen atoms in total. The van der Waals surface area contributed by atoms with E-state index < -0.39 is 0 Å². The minimum absolute atomic E-state index is 0.161. The fourth-order valence-corrected chi connectivity index (χ4v) is 1.60. The van der Waals surface area contributed by atoms with Crippen molar-refractivity contribution >= 4 is 11.6 Å². The summed E-state index contributed by atoms with van der Waals surface area (Å²) >= 11 is 0. The van der Waals surface area contributed by atoms with E-state index in [1.807, 2.05) is 18.2 Å². The Labute approximate surface area is 105 Å². The van der Waals surface area contributed by atoms with E-state index >= 15 is 0 Å². The molecule has 2 aromatic heterocycles. The molecule has 0 aromatic carbocycles. The van der Waals surface area contributed by atoms with Crippen molar-refractivity contribution in [2.45, 2.75) is 6.54 Å². The number of hydrogen-bond acceptors (Lipinski definition) is 4. The molecule has 0 aliphatic rings. The van der Waals surface area contributed by atoms with Crippen molar-refractivity contribution in [3.05, 3.63) is 54.1 Å². The molecule has 0 radical (unpaired) electrons. The van der Waals surface area contributed by atoms with Crippen LogP contribution in [0.3, 0.4) is 0 Å². The fourth-order valence-electron chi connectivity index (χ4n) is 1.60. The summed E-state index contributed by atoms with van der Waals surface area (Å²) in [5, 5.41) is 0. The lowest BCUT2D eigenvalue weighted by Crippen LogP contribution is -2.27. The average Bonchev–Trinajstić information content (AvgIpc) is 2.39. The van der Waals surface area contributed by atoms with E-state index in [1.165, 1.54) is 6.20 Å². The number of amides is 1.